The van der Waals surface area contributed by atoms with Crippen LogP contribution in [-0.4, -0.2) is 17.0 Å². The van der Waals surface area contributed by atoms with Crippen molar-refractivity contribution in [1.82, 2.24) is 4.98 Å². The molecule has 1 atom stereocenters. The van der Waals surface area contributed by atoms with E-state index in [0.29, 0.717) is 23.0 Å². The second kappa shape index (κ2) is 6.91. The van der Waals surface area contributed by atoms with Gasteiger partial charge in [0, 0.05) is 0 Å². The molecule has 1 aromatic heterocycles. The lowest BCUT2D eigenvalue weighted by Crippen LogP contribution is -2.32. The van der Waals surface area contributed by atoms with E-state index in [1.54, 1.807) is 12.1 Å². The predicted octanol–water partition coefficient (Wildman–Crippen LogP) is 3.53. The lowest BCUT2D eigenvalue weighted by atomic mass is 10.2. The summed E-state index contributed by atoms with van der Waals surface area (Å²) in [4.78, 5) is 16.0. The molecule has 1 aromatic carbocycles. The number of amides is 1. The SMILES string of the molecule is CCC(Oc1ccccc1)C(=O)Nc1ccc(Cl)nc1. The highest BCUT2D eigenvalue weighted by Gasteiger charge is 2.18. The molecule has 0 fully saturated rings. The Morgan fingerprint density at radius 1 is 1.30 bits per heavy atom. The summed E-state index contributed by atoms with van der Waals surface area (Å²) in [5.74, 6) is 0.462. The number of aromatic nitrogens is 1. The monoisotopic (exact) mass is 290 g/mol. The van der Waals surface area contributed by atoms with Crippen LogP contribution in [0.2, 0.25) is 5.15 Å². The number of hydrogen-bond acceptors (Lipinski definition) is 3. The van der Waals surface area contributed by atoms with Gasteiger partial charge < -0.3 is 10.1 Å². The number of carbonyl (C=O) groups is 1. The van der Waals surface area contributed by atoms with E-state index in [4.69, 9.17) is 16.3 Å². The molecule has 5 heteroatoms. The normalized spacial score (nSPS) is 11.7. The molecule has 1 amide bonds. The molecule has 0 bridgehead atoms. The Morgan fingerprint density at radius 2 is 2.05 bits per heavy atom. The fourth-order valence-corrected chi connectivity index (χ4v) is 1.77. The maximum Gasteiger partial charge on any atom is 0.265 e. The molecule has 2 aromatic rings. The van der Waals surface area contributed by atoms with Gasteiger partial charge in [-0.05, 0) is 30.7 Å². The van der Waals surface area contributed by atoms with Gasteiger partial charge in [0.2, 0.25) is 0 Å². The van der Waals surface area contributed by atoms with E-state index < -0.39 is 6.10 Å². The molecular weight excluding hydrogens is 276 g/mol. The van der Waals surface area contributed by atoms with E-state index >= 15 is 0 Å². The number of pyridine rings is 1. The van der Waals surface area contributed by atoms with Crippen LogP contribution in [-0.2, 0) is 4.79 Å². The van der Waals surface area contributed by atoms with Crippen LogP contribution < -0.4 is 10.1 Å². The maximum absolute atomic E-state index is 12.1. The number of nitrogens with zero attached hydrogens (tertiary/aromatic N) is 1. The van der Waals surface area contributed by atoms with Crippen molar-refractivity contribution < 1.29 is 9.53 Å². The highest BCUT2D eigenvalue weighted by molar-refractivity contribution is 6.29. The first-order chi connectivity index (χ1) is 9.69. The second-order valence-corrected chi connectivity index (χ2v) is 4.57. The largest absolute Gasteiger partial charge is 0.481 e. The summed E-state index contributed by atoms with van der Waals surface area (Å²) in [6, 6.07) is 12.6. The van der Waals surface area contributed by atoms with E-state index in [9.17, 15) is 4.79 Å². The molecular formula is C15H15ClN2O2. The quantitative estimate of drug-likeness (QED) is 0.857. The number of anilines is 1. The predicted molar refractivity (Wildman–Crippen MR) is 79.0 cm³/mol. The van der Waals surface area contributed by atoms with Crippen LogP contribution in [0.4, 0.5) is 5.69 Å². The Morgan fingerprint density at radius 3 is 2.65 bits per heavy atom. The highest BCUT2D eigenvalue weighted by Crippen LogP contribution is 2.15. The molecule has 1 unspecified atom stereocenters. The van der Waals surface area contributed by atoms with Gasteiger partial charge in [-0.2, -0.15) is 0 Å². The molecule has 20 heavy (non-hydrogen) atoms. The first-order valence-electron chi connectivity index (χ1n) is 6.33. The molecule has 2 rings (SSSR count). The first-order valence-corrected chi connectivity index (χ1v) is 6.71. The molecule has 1 heterocycles. The van der Waals surface area contributed by atoms with Crippen LogP contribution in [0.5, 0.6) is 5.75 Å². The molecule has 1 N–H and O–H groups in total. The van der Waals surface area contributed by atoms with Crippen molar-refractivity contribution in [1.29, 1.82) is 0 Å². The number of para-hydroxylation sites is 1. The highest BCUT2D eigenvalue weighted by atomic mass is 35.5. The molecule has 0 aliphatic heterocycles. The van der Waals surface area contributed by atoms with E-state index in [1.807, 2.05) is 37.3 Å². The van der Waals surface area contributed by atoms with E-state index in [-0.39, 0.29) is 5.91 Å². The Kier molecular flexibility index (Phi) is 4.96. The average Bonchev–Trinajstić information content (AvgIpc) is 2.48. The van der Waals surface area contributed by atoms with Gasteiger partial charge in [-0.25, -0.2) is 4.98 Å². The third kappa shape index (κ3) is 3.96. The minimum absolute atomic E-state index is 0.208. The molecule has 0 aliphatic carbocycles. The van der Waals surface area contributed by atoms with Gasteiger partial charge in [-0.3, -0.25) is 4.79 Å². The van der Waals surface area contributed by atoms with Crippen molar-refractivity contribution in [2.75, 3.05) is 5.32 Å². The Hall–Kier alpha value is -2.07. The number of benzene rings is 1. The number of halogens is 1. The van der Waals surface area contributed by atoms with Crippen LogP contribution in [0.15, 0.2) is 48.7 Å². The summed E-state index contributed by atoms with van der Waals surface area (Å²) in [6.07, 6.45) is 1.53. The number of ether oxygens (including phenoxy) is 1. The fourth-order valence-electron chi connectivity index (χ4n) is 1.66. The number of nitrogens with one attached hydrogen (secondary N) is 1. The van der Waals surface area contributed by atoms with Crippen molar-refractivity contribution in [2.45, 2.75) is 19.4 Å². The van der Waals surface area contributed by atoms with Crippen molar-refractivity contribution in [3.05, 3.63) is 53.8 Å². The van der Waals surface area contributed by atoms with E-state index in [2.05, 4.69) is 10.3 Å². The van der Waals surface area contributed by atoms with Crippen LogP contribution in [0.25, 0.3) is 0 Å². The fraction of sp³-hybridized carbons (Fsp3) is 0.200. The molecule has 4 nitrogen and oxygen atoms in total. The van der Waals surface area contributed by atoms with E-state index in [0.717, 1.165) is 0 Å². The summed E-state index contributed by atoms with van der Waals surface area (Å²) in [5.41, 5.74) is 0.592. The lowest BCUT2D eigenvalue weighted by Gasteiger charge is -2.17. The van der Waals surface area contributed by atoms with Gasteiger partial charge in [-0.15, -0.1) is 0 Å². The van der Waals surface area contributed by atoms with Crippen molar-refractivity contribution in [3.8, 4) is 5.75 Å². The van der Waals surface area contributed by atoms with Gasteiger partial charge >= 0.3 is 0 Å². The third-order valence-electron chi connectivity index (χ3n) is 2.68. The molecule has 0 spiro atoms. The summed E-state index contributed by atoms with van der Waals surface area (Å²) in [7, 11) is 0. The summed E-state index contributed by atoms with van der Waals surface area (Å²) >= 11 is 5.70. The molecule has 0 aliphatic rings. The third-order valence-corrected chi connectivity index (χ3v) is 2.90. The smallest absolute Gasteiger partial charge is 0.265 e. The van der Waals surface area contributed by atoms with Crippen molar-refractivity contribution in [2.24, 2.45) is 0 Å². The van der Waals surface area contributed by atoms with Crippen LogP contribution in [0.3, 0.4) is 0 Å². The topological polar surface area (TPSA) is 51.2 Å². The van der Waals surface area contributed by atoms with E-state index in [1.165, 1.54) is 6.20 Å². The molecule has 0 saturated carbocycles. The molecule has 104 valence electrons. The zero-order valence-electron chi connectivity index (χ0n) is 11.0. The van der Waals surface area contributed by atoms with Crippen molar-refractivity contribution >= 4 is 23.2 Å². The Bertz CT molecular complexity index is 558. The summed E-state index contributed by atoms with van der Waals surface area (Å²) < 4.78 is 5.66. The minimum Gasteiger partial charge on any atom is -0.481 e. The zero-order chi connectivity index (χ0) is 14.4. The van der Waals surface area contributed by atoms with Gasteiger partial charge in [0.05, 0.1) is 11.9 Å². The number of hydrogen-bond donors (Lipinski definition) is 1. The first kappa shape index (κ1) is 14.3. The van der Waals surface area contributed by atoms with Crippen LogP contribution in [0, 0.1) is 0 Å². The lowest BCUT2D eigenvalue weighted by molar-refractivity contribution is -0.122. The van der Waals surface area contributed by atoms with Gasteiger partial charge in [-0.1, -0.05) is 36.7 Å². The van der Waals surface area contributed by atoms with Crippen LogP contribution >= 0.6 is 11.6 Å². The molecule has 0 radical (unpaired) electrons. The standard InChI is InChI=1S/C15H15ClN2O2/c1-2-13(20-12-6-4-3-5-7-12)15(19)18-11-8-9-14(16)17-10-11/h3-10,13H,2H2,1H3,(H,18,19). The zero-order valence-corrected chi connectivity index (χ0v) is 11.8. The van der Waals surface area contributed by atoms with Gasteiger partial charge in [0.1, 0.15) is 10.9 Å². The van der Waals surface area contributed by atoms with Crippen LogP contribution in [0.1, 0.15) is 13.3 Å². The Labute approximate surface area is 122 Å². The van der Waals surface area contributed by atoms with Crippen molar-refractivity contribution in [3.63, 3.8) is 0 Å². The molecule has 0 saturated heterocycles. The van der Waals surface area contributed by atoms with Gasteiger partial charge in [0.25, 0.3) is 5.91 Å². The Balaban J connectivity index is 2.00. The number of carbonyl (C=O) groups excluding carboxylic acids is 1. The summed E-state index contributed by atoms with van der Waals surface area (Å²) in [5, 5.41) is 3.14. The van der Waals surface area contributed by atoms with Gasteiger partial charge in [0.15, 0.2) is 6.10 Å². The second-order valence-electron chi connectivity index (χ2n) is 4.19. The minimum atomic E-state index is -0.548. The average molecular weight is 291 g/mol. The summed E-state index contributed by atoms with van der Waals surface area (Å²) in [6.45, 7) is 1.90. The number of rotatable bonds is 5. The maximum atomic E-state index is 12.1.